The minimum absolute atomic E-state index is 0.0364. The highest BCUT2D eigenvalue weighted by atomic mass is 16.5. The Hall–Kier alpha value is -1.47. The van der Waals surface area contributed by atoms with Gasteiger partial charge in [-0.2, -0.15) is 0 Å². The first kappa shape index (κ1) is 18.3. The molecule has 0 radical (unpaired) electrons. The van der Waals surface area contributed by atoms with E-state index >= 15 is 0 Å². The van der Waals surface area contributed by atoms with Crippen molar-refractivity contribution >= 4 is 5.91 Å². The maximum absolute atomic E-state index is 13.0. The van der Waals surface area contributed by atoms with Crippen LogP contribution in [0, 0.1) is 12.3 Å². The minimum atomic E-state index is -0.0423. The summed E-state index contributed by atoms with van der Waals surface area (Å²) < 4.78 is 7.73. The van der Waals surface area contributed by atoms with Gasteiger partial charge in [-0.3, -0.25) is 4.79 Å². The van der Waals surface area contributed by atoms with Crippen LogP contribution >= 0.6 is 0 Å². The zero-order valence-corrected chi connectivity index (χ0v) is 16.1. The number of piperidine rings is 1. The lowest BCUT2D eigenvalue weighted by Gasteiger charge is -2.54. The molecule has 1 N–H and O–H groups in total. The second-order valence-corrected chi connectivity index (χ2v) is 7.88. The van der Waals surface area contributed by atoms with Crippen molar-refractivity contribution in [3.8, 4) is 0 Å². The standard InChI is InChI=1S/C18H31N5O2/c1-6-25-15-11-14(18(15,3)4)22(5)17(24)16-12(2)23(21-20-16)13-7-9-19-10-8-13/h13-15,19H,6-11H2,1-5H3/t14-,15+/m0/s1. The highest BCUT2D eigenvalue weighted by Crippen LogP contribution is 2.45. The summed E-state index contributed by atoms with van der Waals surface area (Å²) in [5.41, 5.74) is 1.32. The molecule has 0 unspecified atom stereocenters. The number of ether oxygens (including phenoxy) is 1. The van der Waals surface area contributed by atoms with E-state index in [9.17, 15) is 4.79 Å². The van der Waals surface area contributed by atoms with E-state index in [2.05, 4.69) is 29.5 Å². The molecule has 7 heteroatoms. The molecule has 1 aromatic rings. The molecule has 7 nitrogen and oxygen atoms in total. The second kappa shape index (κ2) is 7.03. The number of aromatic nitrogens is 3. The third-order valence-corrected chi connectivity index (χ3v) is 6.07. The van der Waals surface area contributed by atoms with Crippen LogP contribution in [-0.4, -0.2) is 64.7 Å². The number of amides is 1. The van der Waals surface area contributed by atoms with Crippen LogP contribution in [0.2, 0.25) is 0 Å². The molecule has 1 saturated heterocycles. The molecule has 1 aromatic heterocycles. The van der Waals surface area contributed by atoms with E-state index in [1.165, 1.54) is 0 Å². The SMILES string of the molecule is CCO[C@@H]1C[C@H](N(C)C(=O)c2nnn(C3CCNCC3)c2C)C1(C)C. The first-order valence-electron chi connectivity index (χ1n) is 9.39. The molecule has 1 amide bonds. The highest BCUT2D eigenvalue weighted by molar-refractivity contribution is 5.93. The Morgan fingerprint density at radius 3 is 2.68 bits per heavy atom. The van der Waals surface area contributed by atoms with Gasteiger partial charge in [-0.05, 0) is 46.2 Å². The van der Waals surface area contributed by atoms with Gasteiger partial charge in [0, 0.05) is 25.1 Å². The van der Waals surface area contributed by atoms with E-state index in [1.807, 2.05) is 30.5 Å². The molecule has 2 atom stereocenters. The number of hydrogen-bond donors (Lipinski definition) is 1. The molecule has 2 heterocycles. The fraction of sp³-hybridized carbons (Fsp3) is 0.833. The summed E-state index contributed by atoms with van der Waals surface area (Å²) in [6, 6.07) is 0.503. The predicted molar refractivity (Wildman–Crippen MR) is 95.6 cm³/mol. The molecule has 1 aliphatic carbocycles. The Morgan fingerprint density at radius 1 is 1.40 bits per heavy atom. The molecule has 2 fully saturated rings. The molecule has 0 spiro atoms. The van der Waals surface area contributed by atoms with Gasteiger partial charge in [-0.15, -0.1) is 5.10 Å². The Labute approximate surface area is 150 Å². The third kappa shape index (κ3) is 3.19. The Kier molecular flexibility index (Phi) is 5.16. The van der Waals surface area contributed by atoms with Crippen molar-refractivity contribution < 1.29 is 9.53 Å². The van der Waals surface area contributed by atoms with Crippen LogP contribution in [0.25, 0.3) is 0 Å². The Morgan fingerprint density at radius 2 is 2.08 bits per heavy atom. The quantitative estimate of drug-likeness (QED) is 0.877. The molecular weight excluding hydrogens is 318 g/mol. The van der Waals surface area contributed by atoms with Crippen LogP contribution in [0.1, 0.15) is 62.3 Å². The highest BCUT2D eigenvalue weighted by Gasteiger charge is 2.52. The normalized spacial score (nSPS) is 26.3. The van der Waals surface area contributed by atoms with Crippen LogP contribution in [0.3, 0.4) is 0 Å². The van der Waals surface area contributed by atoms with Crippen molar-refractivity contribution in [1.29, 1.82) is 0 Å². The maximum Gasteiger partial charge on any atom is 0.276 e. The van der Waals surface area contributed by atoms with Gasteiger partial charge in [-0.25, -0.2) is 4.68 Å². The lowest BCUT2D eigenvalue weighted by molar-refractivity contribution is -0.136. The minimum Gasteiger partial charge on any atom is -0.378 e. The average molecular weight is 349 g/mol. The largest absolute Gasteiger partial charge is 0.378 e. The van der Waals surface area contributed by atoms with Crippen LogP contribution < -0.4 is 5.32 Å². The molecule has 2 aliphatic rings. The van der Waals surface area contributed by atoms with Gasteiger partial charge in [0.15, 0.2) is 5.69 Å². The zero-order chi connectivity index (χ0) is 18.2. The molecule has 140 valence electrons. The van der Waals surface area contributed by atoms with E-state index in [1.54, 1.807) is 0 Å². The van der Waals surface area contributed by atoms with Gasteiger partial charge in [-0.1, -0.05) is 19.1 Å². The first-order chi connectivity index (χ1) is 11.9. The lowest BCUT2D eigenvalue weighted by atomic mass is 9.63. The number of nitrogens with zero attached hydrogens (tertiary/aromatic N) is 4. The van der Waals surface area contributed by atoms with Crippen LogP contribution in [0.4, 0.5) is 0 Å². The van der Waals surface area contributed by atoms with Crippen molar-refractivity contribution in [3.05, 3.63) is 11.4 Å². The lowest BCUT2D eigenvalue weighted by Crippen LogP contribution is -2.62. The van der Waals surface area contributed by atoms with E-state index in [0.717, 1.165) is 38.0 Å². The maximum atomic E-state index is 13.0. The van der Waals surface area contributed by atoms with Crippen molar-refractivity contribution in [1.82, 2.24) is 25.2 Å². The average Bonchev–Trinajstić information content (AvgIpc) is 2.99. The third-order valence-electron chi connectivity index (χ3n) is 6.07. The van der Waals surface area contributed by atoms with Gasteiger partial charge in [0.25, 0.3) is 5.91 Å². The summed E-state index contributed by atoms with van der Waals surface area (Å²) in [4.78, 5) is 14.8. The summed E-state index contributed by atoms with van der Waals surface area (Å²) >= 11 is 0. The van der Waals surface area contributed by atoms with E-state index in [4.69, 9.17) is 4.74 Å². The molecule has 1 aliphatic heterocycles. The summed E-state index contributed by atoms with van der Waals surface area (Å²) in [5.74, 6) is -0.0364. The van der Waals surface area contributed by atoms with Gasteiger partial charge < -0.3 is 15.0 Å². The summed E-state index contributed by atoms with van der Waals surface area (Å²) in [5, 5.41) is 11.9. The van der Waals surface area contributed by atoms with Gasteiger partial charge in [0.2, 0.25) is 0 Å². The van der Waals surface area contributed by atoms with Crippen molar-refractivity contribution in [2.45, 2.75) is 65.1 Å². The van der Waals surface area contributed by atoms with Gasteiger partial charge >= 0.3 is 0 Å². The van der Waals surface area contributed by atoms with Crippen molar-refractivity contribution in [2.24, 2.45) is 5.41 Å². The monoisotopic (exact) mass is 349 g/mol. The van der Waals surface area contributed by atoms with Gasteiger partial charge in [0.1, 0.15) is 0 Å². The molecule has 0 bridgehead atoms. The summed E-state index contributed by atoms with van der Waals surface area (Å²) in [6.45, 7) is 11.0. The van der Waals surface area contributed by atoms with Crippen LogP contribution in [-0.2, 0) is 4.74 Å². The number of carbonyl (C=O) groups is 1. The molecular formula is C18H31N5O2. The second-order valence-electron chi connectivity index (χ2n) is 7.88. The number of carbonyl (C=O) groups excluding carboxylic acids is 1. The van der Waals surface area contributed by atoms with Crippen LogP contribution in [0.15, 0.2) is 0 Å². The van der Waals surface area contributed by atoms with Crippen LogP contribution in [0.5, 0.6) is 0 Å². The van der Waals surface area contributed by atoms with E-state index < -0.39 is 0 Å². The van der Waals surface area contributed by atoms with Crippen molar-refractivity contribution in [2.75, 3.05) is 26.7 Å². The fourth-order valence-electron chi connectivity index (χ4n) is 4.25. The van der Waals surface area contributed by atoms with Crippen molar-refractivity contribution in [3.63, 3.8) is 0 Å². The Balaban J connectivity index is 1.72. The summed E-state index contributed by atoms with van der Waals surface area (Å²) in [7, 11) is 1.87. The first-order valence-corrected chi connectivity index (χ1v) is 9.39. The smallest absolute Gasteiger partial charge is 0.276 e. The Bertz CT molecular complexity index is 621. The van der Waals surface area contributed by atoms with E-state index in [0.29, 0.717) is 18.3 Å². The molecule has 1 saturated carbocycles. The fourth-order valence-corrected chi connectivity index (χ4v) is 4.25. The number of rotatable bonds is 5. The molecule has 25 heavy (non-hydrogen) atoms. The van der Waals surface area contributed by atoms with E-state index in [-0.39, 0.29) is 23.5 Å². The zero-order valence-electron chi connectivity index (χ0n) is 16.1. The number of hydrogen-bond acceptors (Lipinski definition) is 5. The van der Waals surface area contributed by atoms with Gasteiger partial charge in [0.05, 0.1) is 17.8 Å². The summed E-state index contributed by atoms with van der Waals surface area (Å²) in [6.07, 6.45) is 3.15. The number of nitrogens with one attached hydrogen (secondary N) is 1. The molecule has 3 rings (SSSR count). The predicted octanol–water partition coefficient (Wildman–Crippen LogP) is 1.79. The molecule has 0 aromatic carbocycles. The topological polar surface area (TPSA) is 72.3 Å².